The van der Waals surface area contributed by atoms with Crippen molar-refractivity contribution >= 4 is 32.7 Å². The van der Waals surface area contributed by atoms with Crippen molar-refractivity contribution in [1.82, 2.24) is 0 Å². The fraction of sp³-hybridized carbons (Fsp3) is 0.400. The zero-order valence-corrected chi connectivity index (χ0v) is 15.9. The molecule has 0 aromatic heterocycles. The number of carbonyl (C=O) groups is 1. The molecule has 2 aromatic carbocycles. The van der Waals surface area contributed by atoms with Gasteiger partial charge in [-0.2, -0.15) is 8.42 Å². The van der Waals surface area contributed by atoms with Gasteiger partial charge in [0, 0.05) is 12.0 Å². The van der Waals surface area contributed by atoms with E-state index >= 15 is 0 Å². The fourth-order valence-electron chi connectivity index (χ4n) is 3.59. The molecule has 0 unspecified atom stereocenters. The van der Waals surface area contributed by atoms with Crippen molar-refractivity contribution in [2.24, 2.45) is 11.7 Å². The third kappa shape index (κ3) is 5.29. The van der Waals surface area contributed by atoms with E-state index in [1.54, 1.807) is 36.4 Å². The summed E-state index contributed by atoms with van der Waals surface area (Å²) in [4.78, 5) is 12.0. The summed E-state index contributed by atoms with van der Waals surface area (Å²) >= 11 is 0. The van der Waals surface area contributed by atoms with Gasteiger partial charge in [-0.15, -0.1) is 0 Å². The molecule has 3 N–H and O–H groups in total. The van der Waals surface area contributed by atoms with Gasteiger partial charge in [0.25, 0.3) is 0 Å². The predicted octanol–water partition coefficient (Wildman–Crippen LogP) is 3.47. The number of amidine groups is 1. The first-order valence-electron chi connectivity index (χ1n) is 9.14. The molecule has 0 aliphatic heterocycles. The van der Waals surface area contributed by atoms with Crippen LogP contribution in [0.15, 0.2) is 36.4 Å². The second-order valence-electron chi connectivity index (χ2n) is 7.18. The van der Waals surface area contributed by atoms with E-state index in [0.29, 0.717) is 11.1 Å². The Morgan fingerprint density at radius 2 is 1.74 bits per heavy atom. The highest BCUT2D eigenvalue weighted by molar-refractivity contribution is 7.86. The van der Waals surface area contributed by atoms with Crippen LogP contribution >= 0.6 is 0 Å². The van der Waals surface area contributed by atoms with Crippen LogP contribution in [0.2, 0.25) is 0 Å². The van der Waals surface area contributed by atoms with Gasteiger partial charge in [0.05, 0.1) is 0 Å². The molecule has 0 spiro atoms. The van der Waals surface area contributed by atoms with Crippen LogP contribution in [0.5, 0.6) is 0 Å². The molecular formula is C20H24N2O4S. The lowest BCUT2D eigenvalue weighted by Gasteiger charge is -2.20. The Kier molecular flexibility index (Phi) is 5.79. The normalized spacial score (nSPS) is 15.6. The van der Waals surface area contributed by atoms with E-state index in [4.69, 9.17) is 15.3 Å². The van der Waals surface area contributed by atoms with E-state index in [1.165, 1.54) is 6.42 Å². The molecule has 0 atom stereocenters. The van der Waals surface area contributed by atoms with Crippen LogP contribution in [0.1, 0.15) is 49.7 Å². The quantitative estimate of drug-likeness (QED) is 0.447. The standard InChI is InChI=1S/C20H24N2O4S/c21-20(22)18-9-8-16-10-15(6-7-17(16)12-18)13-27(24,25)26-19(23)11-14-4-2-1-3-5-14/h6-10,12,14H,1-5,11,13H2,(H3,21,22). The maximum Gasteiger partial charge on any atom is 0.322 e. The van der Waals surface area contributed by atoms with Crippen LogP contribution in [0.3, 0.4) is 0 Å². The summed E-state index contributed by atoms with van der Waals surface area (Å²) in [6.07, 6.45) is 5.45. The van der Waals surface area contributed by atoms with Crippen LogP contribution in [-0.4, -0.2) is 20.2 Å². The van der Waals surface area contributed by atoms with Crippen molar-refractivity contribution in [3.63, 3.8) is 0 Å². The first kappa shape index (κ1) is 19.4. The molecule has 2 aromatic rings. The molecule has 1 aliphatic rings. The molecule has 1 saturated carbocycles. The summed E-state index contributed by atoms with van der Waals surface area (Å²) in [6, 6.07) is 10.5. The monoisotopic (exact) mass is 388 g/mol. The van der Waals surface area contributed by atoms with Crippen molar-refractivity contribution in [3.05, 3.63) is 47.5 Å². The van der Waals surface area contributed by atoms with Crippen molar-refractivity contribution in [3.8, 4) is 0 Å². The number of rotatable bonds is 6. The highest BCUT2D eigenvalue weighted by Crippen LogP contribution is 2.27. The average molecular weight is 388 g/mol. The Hall–Kier alpha value is -2.41. The van der Waals surface area contributed by atoms with E-state index in [0.717, 1.165) is 36.5 Å². The number of nitrogen functional groups attached to an aromatic ring is 1. The molecule has 0 amide bonds. The van der Waals surface area contributed by atoms with Gasteiger partial charge < -0.3 is 9.92 Å². The lowest BCUT2D eigenvalue weighted by Crippen LogP contribution is -2.19. The van der Waals surface area contributed by atoms with Crippen molar-refractivity contribution in [2.75, 3.05) is 0 Å². The molecule has 0 bridgehead atoms. The number of carbonyl (C=O) groups excluding carboxylic acids is 1. The number of nitrogens with one attached hydrogen (secondary N) is 1. The third-order valence-corrected chi connectivity index (χ3v) is 6.09. The van der Waals surface area contributed by atoms with Gasteiger partial charge in [0.15, 0.2) is 0 Å². The van der Waals surface area contributed by atoms with Gasteiger partial charge in [-0.3, -0.25) is 10.2 Å². The Labute approximate surface area is 159 Å². The largest absolute Gasteiger partial charge is 0.384 e. The van der Waals surface area contributed by atoms with E-state index in [9.17, 15) is 13.2 Å². The number of hydrogen-bond donors (Lipinski definition) is 2. The molecule has 1 aliphatic carbocycles. The summed E-state index contributed by atoms with van der Waals surface area (Å²) < 4.78 is 29.3. The predicted molar refractivity (Wildman–Crippen MR) is 105 cm³/mol. The van der Waals surface area contributed by atoms with Gasteiger partial charge in [0.1, 0.15) is 11.6 Å². The zero-order chi connectivity index (χ0) is 19.4. The maximum absolute atomic E-state index is 12.2. The van der Waals surface area contributed by atoms with Crippen molar-refractivity contribution in [2.45, 2.75) is 44.3 Å². The lowest BCUT2D eigenvalue weighted by atomic mass is 9.87. The van der Waals surface area contributed by atoms with Crippen LogP contribution in [0.25, 0.3) is 10.8 Å². The van der Waals surface area contributed by atoms with E-state index in [1.807, 2.05) is 0 Å². The van der Waals surface area contributed by atoms with Crippen molar-refractivity contribution < 1.29 is 17.4 Å². The van der Waals surface area contributed by atoms with E-state index < -0.39 is 16.1 Å². The van der Waals surface area contributed by atoms with Gasteiger partial charge in [-0.1, -0.05) is 49.6 Å². The summed E-state index contributed by atoms with van der Waals surface area (Å²) in [5.74, 6) is -0.798. The number of hydrogen-bond acceptors (Lipinski definition) is 5. The molecular weight excluding hydrogens is 364 g/mol. The van der Waals surface area contributed by atoms with Crippen LogP contribution in [-0.2, 0) is 24.8 Å². The Bertz CT molecular complexity index is 963. The van der Waals surface area contributed by atoms with Crippen molar-refractivity contribution in [1.29, 1.82) is 5.41 Å². The van der Waals surface area contributed by atoms with Gasteiger partial charge in [-0.25, -0.2) is 0 Å². The topological polar surface area (TPSA) is 110 Å². The van der Waals surface area contributed by atoms with E-state index in [-0.39, 0.29) is 23.9 Å². The second-order valence-corrected chi connectivity index (χ2v) is 8.75. The summed E-state index contributed by atoms with van der Waals surface area (Å²) in [7, 11) is -3.98. The highest BCUT2D eigenvalue weighted by atomic mass is 32.2. The number of benzene rings is 2. The molecule has 0 saturated heterocycles. The number of fused-ring (bicyclic) bond motifs is 1. The van der Waals surface area contributed by atoms with Gasteiger partial charge in [0.2, 0.25) is 0 Å². The minimum Gasteiger partial charge on any atom is -0.384 e. The molecule has 7 heteroatoms. The SMILES string of the molecule is N=C(N)c1ccc2cc(CS(=O)(=O)OC(=O)CC3CCCCC3)ccc2c1. The summed E-state index contributed by atoms with van der Waals surface area (Å²) in [5, 5.41) is 9.17. The molecule has 27 heavy (non-hydrogen) atoms. The third-order valence-electron chi connectivity index (χ3n) is 4.96. The second kappa shape index (κ2) is 8.08. The Morgan fingerprint density at radius 1 is 1.07 bits per heavy atom. The molecule has 0 heterocycles. The molecule has 6 nitrogen and oxygen atoms in total. The average Bonchev–Trinajstić information content (AvgIpc) is 2.61. The Balaban J connectivity index is 1.66. The van der Waals surface area contributed by atoms with Crippen LogP contribution < -0.4 is 5.73 Å². The highest BCUT2D eigenvalue weighted by Gasteiger charge is 2.23. The van der Waals surface area contributed by atoms with Crippen LogP contribution in [0, 0.1) is 11.3 Å². The summed E-state index contributed by atoms with van der Waals surface area (Å²) in [6.45, 7) is 0. The first-order valence-corrected chi connectivity index (χ1v) is 10.7. The lowest BCUT2D eigenvalue weighted by molar-refractivity contribution is -0.135. The van der Waals surface area contributed by atoms with Crippen LogP contribution in [0.4, 0.5) is 0 Å². The van der Waals surface area contributed by atoms with Gasteiger partial charge >= 0.3 is 16.1 Å². The molecule has 0 radical (unpaired) electrons. The number of nitrogens with two attached hydrogens (primary N) is 1. The smallest absolute Gasteiger partial charge is 0.322 e. The minimum absolute atomic E-state index is 0.0200. The maximum atomic E-state index is 12.2. The zero-order valence-electron chi connectivity index (χ0n) is 15.1. The Morgan fingerprint density at radius 3 is 2.44 bits per heavy atom. The van der Waals surface area contributed by atoms with E-state index in [2.05, 4.69) is 0 Å². The molecule has 144 valence electrons. The van der Waals surface area contributed by atoms with Gasteiger partial charge in [-0.05, 0) is 41.2 Å². The summed E-state index contributed by atoms with van der Waals surface area (Å²) in [5.41, 5.74) is 6.64. The first-order chi connectivity index (χ1) is 12.8. The minimum atomic E-state index is -3.98. The molecule has 3 rings (SSSR count). The fourth-order valence-corrected chi connectivity index (χ4v) is 4.59. The molecule has 1 fully saturated rings.